The molecule has 0 aliphatic heterocycles. The Bertz CT molecular complexity index is 738. The maximum Gasteiger partial charge on any atom is 0.272 e. The number of aromatic nitrogens is 3. The van der Waals surface area contributed by atoms with Crippen LogP contribution in [0.5, 0.6) is 0 Å². The average molecular weight is 302 g/mol. The molecule has 3 aromatic heterocycles. The van der Waals surface area contributed by atoms with Gasteiger partial charge in [-0.25, -0.2) is 4.98 Å². The third-order valence-corrected chi connectivity index (χ3v) is 3.92. The summed E-state index contributed by atoms with van der Waals surface area (Å²) in [4.78, 5) is 17.3. The predicted octanol–water partition coefficient (Wildman–Crippen LogP) is 2.38. The Labute approximate surface area is 125 Å². The number of nitrogens with one attached hydrogen (secondary N) is 1. The molecule has 0 saturated heterocycles. The molecule has 3 heterocycles. The SMILES string of the molecule is Cc1cc(C(=O)NCc2coc(-c3cccs3)n2)nn1C. The summed E-state index contributed by atoms with van der Waals surface area (Å²) in [5, 5.41) is 8.87. The van der Waals surface area contributed by atoms with E-state index in [-0.39, 0.29) is 5.91 Å². The molecule has 7 heteroatoms. The summed E-state index contributed by atoms with van der Waals surface area (Å²) in [5.41, 5.74) is 2.01. The van der Waals surface area contributed by atoms with Gasteiger partial charge in [0.1, 0.15) is 12.0 Å². The number of amides is 1. The van der Waals surface area contributed by atoms with Crippen molar-refractivity contribution in [1.82, 2.24) is 20.1 Å². The lowest BCUT2D eigenvalue weighted by Gasteiger charge is -1.99. The quantitative estimate of drug-likeness (QED) is 0.803. The molecule has 21 heavy (non-hydrogen) atoms. The van der Waals surface area contributed by atoms with Crippen LogP contribution in [0.2, 0.25) is 0 Å². The monoisotopic (exact) mass is 302 g/mol. The Balaban J connectivity index is 1.64. The van der Waals surface area contributed by atoms with Crippen molar-refractivity contribution in [2.75, 3.05) is 0 Å². The Hall–Kier alpha value is -2.41. The molecule has 0 aliphatic carbocycles. The molecule has 3 aromatic rings. The largest absolute Gasteiger partial charge is 0.443 e. The van der Waals surface area contributed by atoms with Gasteiger partial charge in [-0.1, -0.05) is 6.07 Å². The fourth-order valence-corrected chi connectivity index (χ4v) is 2.49. The molecule has 0 atom stereocenters. The number of carbonyl (C=O) groups is 1. The van der Waals surface area contributed by atoms with E-state index in [0.29, 0.717) is 23.8 Å². The van der Waals surface area contributed by atoms with Crippen LogP contribution in [0.3, 0.4) is 0 Å². The molecule has 0 bridgehead atoms. The number of thiophene rings is 1. The highest BCUT2D eigenvalue weighted by Gasteiger charge is 2.12. The van der Waals surface area contributed by atoms with E-state index in [1.807, 2.05) is 24.4 Å². The lowest BCUT2D eigenvalue weighted by molar-refractivity contribution is 0.0944. The second kappa shape index (κ2) is 5.53. The van der Waals surface area contributed by atoms with E-state index in [9.17, 15) is 4.79 Å². The molecule has 0 unspecified atom stereocenters. The summed E-state index contributed by atoms with van der Waals surface area (Å²) < 4.78 is 7.07. The minimum absolute atomic E-state index is 0.223. The number of rotatable bonds is 4. The van der Waals surface area contributed by atoms with E-state index in [1.54, 1.807) is 35.4 Å². The number of oxazole rings is 1. The van der Waals surface area contributed by atoms with E-state index in [2.05, 4.69) is 15.4 Å². The second-order valence-corrected chi connectivity index (χ2v) is 5.55. The van der Waals surface area contributed by atoms with Crippen molar-refractivity contribution in [2.45, 2.75) is 13.5 Å². The van der Waals surface area contributed by atoms with Gasteiger partial charge >= 0.3 is 0 Å². The van der Waals surface area contributed by atoms with Crippen LogP contribution in [0.4, 0.5) is 0 Å². The first kappa shape index (κ1) is 13.6. The van der Waals surface area contributed by atoms with E-state index in [4.69, 9.17) is 4.42 Å². The number of nitrogens with zero attached hydrogens (tertiary/aromatic N) is 3. The van der Waals surface area contributed by atoms with Crippen LogP contribution < -0.4 is 5.32 Å². The minimum Gasteiger partial charge on any atom is -0.443 e. The molecular weight excluding hydrogens is 288 g/mol. The van der Waals surface area contributed by atoms with Crippen molar-refractivity contribution >= 4 is 17.2 Å². The molecule has 3 rings (SSSR count). The summed E-state index contributed by atoms with van der Waals surface area (Å²) >= 11 is 1.56. The summed E-state index contributed by atoms with van der Waals surface area (Å²) in [5.74, 6) is 0.349. The van der Waals surface area contributed by atoms with Crippen molar-refractivity contribution < 1.29 is 9.21 Å². The normalized spacial score (nSPS) is 10.8. The summed E-state index contributed by atoms with van der Waals surface area (Å²) in [6, 6.07) is 5.62. The van der Waals surface area contributed by atoms with E-state index in [1.165, 1.54) is 0 Å². The lowest BCUT2D eigenvalue weighted by Crippen LogP contribution is -2.23. The fourth-order valence-electron chi connectivity index (χ4n) is 1.83. The highest BCUT2D eigenvalue weighted by Crippen LogP contribution is 2.23. The first-order valence-corrected chi connectivity index (χ1v) is 7.28. The van der Waals surface area contributed by atoms with Crippen LogP contribution in [-0.4, -0.2) is 20.7 Å². The van der Waals surface area contributed by atoms with Gasteiger partial charge in [-0.15, -0.1) is 11.3 Å². The summed E-state index contributed by atoms with van der Waals surface area (Å²) in [6.07, 6.45) is 1.55. The fraction of sp³-hybridized carbons (Fsp3) is 0.214. The Morgan fingerprint density at radius 1 is 1.52 bits per heavy atom. The van der Waals surface area contributed by atoms with Crippen molar-refractivity contribution in [2.24, 2.45) is 7.05 Å². The molecule has 0 spiro atoms. The van der Waals surface area contributed by atoms with E-state index in [0.717, 1.165) is 10.6 Å². The van der Waals surface area contributed by atoms with Crippen molar-refractivity contribution in [3.05, 3.63) is 46.9 Å². The van der Waals surface area contributed by atoms with Crippen molar-refractivity contribution in [3.8, 4) is 10.8 Å². The van der Waals surface area contributed by atoms with Gasteiger partial charge in [-0.05, 0) is 24.4 Å². The number of carbonyl (C=O) groups excluding carboxylic acids is 1. The van der Waals surface area contributed by atoms with Crippen LogP contribution >= 0.6 is 11.3 Å². The average Bonchev–Trinajstić information content (AvgIpc) is 3.17. The van der Waals surface area contributed by atoms with Crippen LogP contribution in [0.15, 0.2) is 34.3 Å². The van der Waals surface area contributed by atoms with Gasteiger partial charge in [0.05, 0.1) is 17.1 Å². The summed E-state index contributed by atoms with van der Waals surface area (Å²) in [7, 11) is 1.80. The molecule has 1 N–H and O–H groups in total. The predicted molar refractivity (Wildman–Crippen MR) is 78.9 cm³/mol. The smallest absolute Gasteiger partial charge is 0.272 e. The molecule has 0 fully saturated rings. The van der Waals surface area contributed by atoms with Gasteiger partial charge in [0.25, 0.3) is 5.91 Å². The molecule has 1 amide bonds. The Morgan fingerprint density at radius 2 is 2.38 bits per heavy atom. The zero-order valence-electron chi connectivity index (χ0n) is 11.7. The van der Waals surface area contributed by atoms with Crippen LogP contribution in [0, 0.1) is 6.92 Å². The molecule has 0 radical (unpaired) electrons. The van der Waals surface area contributed by atoms with Crippen LogP contribution in [0.1, 0.15) is 21.9 Å². The first-order valence-electron chi connectivity index (χ1n) is 6.40. The number of hydrogen-bond donors (Lipinski definition) is 1. The third kappa shape index (κ3) is 2.87. The Kier molecular flexibility index (Phi) is 3.57. The maximum atomic E-state index is 12.0. The van der Waals surface area contributed by atoms with Crippen LogP contribution in [0.25, 0.3) is 10.8 Å². The van der Waals surface area contributed by atoms with Gasteiger partial charge in [-0.2, -0.15) is 5.10 Å². The van der Waals surface area contributed by atoms with Gasteiger partial charge in [-0.3, -0.25) is 9.48 Å². The topological polar surface area (TPSA) is 73.0 Å². The van der Waals surface area contributed by atoms with Crippen LogP contribution in [-0.2, 0) is 13.6 Å². The Morgan fingerprint density at radius 3 is 3.05 bits per heavy atom. The maximum absolute atomic E-state index is 12.0. The van der Waals surface area contributed by atoms with Crippen molar-refractivity contribution in [1.29, 1.82) is 0 Å². The molecule has 0 aromatic carbocycles. The molecule has 108 valence electrons. The van der Waals surface area contributed by atoms with E-state index < -0.39 is 0 Å². The first-order chi connectivity index (χ1) is 10.1. The molecule has 0 aliphatic rings. The van der Waals surface area contributed by atoms with E-state index >= 15 is 0 Å². The standard InChI is InChI=1S/C14H14N4O2S/c1-9-6-11(17-18(9)2)13(19)15-7-10-8-20-14(16-10)12-4-3-5-21-12/h3-6,8H,7H2,1-2H3,(H,15,19). The number of aryl methyl sites for hydroxylation is 2. The van der Waals surface area contributed by atoms with Gasteiger partial charge in [0, 0.05) is 12.7 Å². The van der Waals surface area contributed by atoms with Gasteiger partial charge in [0.15, 0.2) is 0 Å². The molecular formula is C14H14N4O2S. The minimum atomic E-state index is -0.223. The lowest BCUT2D eigenvalue weighted by atomic mass is 10.3. The van der Waals surface area contributed by atoms with Crippen molar-refractivity contribution in [3.63, 3.8) is 0 Å². The molecule has 6 nitrogen and oxygen atoms in total. The highest BCUT2D eigenvalue weighted by atomic mass is 32.1. The summed E-state index contributed by atoms with van der Waals surface area (Å²) in [6.45, 7) is 2.21. The van der Waals surface area contributed by atoms with Gasteiger partial charge < -0.3 is 9.73 Å². The zero-order valence-corrected chi connectivity index (χ0v) is 12.5. The van der Waals surface area contributed by atoms with Gasteiger partial charge in [0.2, 0.25) is 5.89 Å². The highest BCUT2D eigenvalue weighted by molar-refractivity contribution is 7.13. The number of hydrogen-bond acceptors (Lipinski definition) is 5. The molecule has 0 saturated carbocycles. The third-order valence-electron chi connectivity index (χ3n) is 3.06. The second-order valence-electron chi connectivity index (χ2n) is 4.60. The zero-order chi connectivity index (χ0) is 14.8.